The third-order valence-electron chi connectivity index (χ3n) is 6.86. The number of rotatable bonds is 12. The molecule has 5 rings (SSSR count). The van der Waals surface area contributed by atoms with Crippen molar-refractivity contribution >= 4 is 49.1 Å². The summed E-state index contributed by atoms with van der Waals surface area (Å²) in [6.45, 7) is -0.274. The van der Waals surface area contributed by atoms with Gasteiger partial charge in [-0.25, -0.2) is 36.5 Å². The van der Waals surface area contributed by atoms with Crippen LogP contribution in [-0.4, -0.2) is 96.6 Å². The lowest BCUT2D eigenvalue weighted by molar-refractivity contribution is -0.202. The van der Waals surface area contributed by atoms with Gasteiger partial charge in [0.05, 0.1) is 5.75 Å². The number of aromatic nitrogens is 3. The highest BCUT2D eigenvalue weighted by atomic mass is 32.2. The molecule has 2 saturated heterocycles. The van der Waals surface area contributed by atoms with Crippen LogP contribution < -0.4 is 5.48 Å². The molecule has 1 unspecified atom stereocenters. The Morgan fingerprint density at radius 3 is 2.70 bits per heavy atom. The molecule has 1 amide bonds. The van der Waals surface area contributed by atoms with Crippen LogP contribution in [0.15, 0.2) is 52.1 Å². The molecule has 2 N–H and O–H groups in total. The van der Waals surface area contributed by atoms with E-state index in [-0.39, 0.29) is 29.6 Å². The van der Waals surface area contributed by atoms with Crippen molar-refractivity contribution < 1.29 is 35.6 Å². The highest BCUT2D eigenvalue weighted by Gasteiger charge is 2.44. The fourth-order valence-electron chi connectivity index (χ4n) is 4.64. The fourth-order valence-corrected chi connectivity index (χ4v) is 10.0. The number of hydrogen-bond donors (Lipinski definition) is 2. The molecule has 13 nitrogen and oxygen atoms in total. The molecule has 0 spiro atoms. The Kier molecular flexibility index (Phi) is 10.5. The number of aromatic amines is 1. The van der Waals surface area contributed by atoms with Crippen LogP contribution in [0.1, 0.15) is 25.7 Å². The summed E-state index contributed by atoms with van der Waals surface area (Å²) in [7, 11) is -8.04. The predicted molar refractivity (Wildman–Crippen MR) is 157 cm³/mol. The standard InChI is InChI=1S/C25H31FN6O7S4/c26-19-7-5-18(6-8-19)21-9-10-23(41-21)43(36,37)32-12-11-31(42(34,35)15-3-14-40-25-27-17-28-29-25)16-20(32)24(33)30-39-22-4-1-2-13-38-22/h5-10,17,20,22H,1-4,11-16H2,(H,30,33)(H,27,28,29)/t20-,22?/m1/s1. The van der Waals surface area contributed by atoms with Crippen LogP contribution in [0.2, 0.25) is 0 Å². The Balaban J connectivity index is 1.31. The van der Waals surface area contributed by atoms with Crippen LogP contribution >= 0.6 is 23.1 Å². The molecule has 234 valence electrons. The molecule has 3 aromatic rings. The van der Waals surface area contributed by atoms with Gasteiger partial charge in [0.15, 0.2) is 6.29 Å². The average molecular weight is 675 g/mol. The Hall–Kier alpha value is -2.45. The number of nitrogens with one attached hydrogen (secondary N) is 2. The number of hydrogen-bond acceptors (Lipinski definition) is 11. The summed E-state index contributed by atoms with van der Waals surface area (Å²) in [4.78, 5) is 23.4. The number of thioether (sulfide) groups is 1. The van der Waals surface area contributed by atoms with Crippen LogP contribution in [0.5, 0.6) is 0 Å². The van der Waals surface area contributed by atoms with Crippen molar-refractivity contribution in [2.24, 2.45) is 0 Å². The number of thiophene rings is 1. The second kappa shape index (κ2) is 14.1. The van der Waals surface area contributed by atoms with E-state index in [2.05, 4.69) is 20.7 Å². The number of piperazine rings is 1. The topological polar surface area (TPSA) is 164 Å². The van der Waals surface area contributed by atoms with E-state index >= 15 is 0 Å². The Morgan fingerprint density at radius 2 is 1.98 bits per heavy atom. The van der Waals surface area contributed by atoms with Crippen molar-refractivity contribution in [3.8, 4) is 10.4 Å². The zero-order valence-electron chi connectivity index (χ0n) is 22.9. The van der Waals surface area contributed by atoms with Crippen molar-refractivity contribution in [1.29, 1.82) is 0 Å². The molecule has 2 aromatic heterocycles. The first-order chi connectivity index (χ1) is 20.6. The average Bonchev–Trinajstić information content (AvgIpc) is 3.72. The van der Waals surface area contributed by atoms with Crippen molar-refractivity contribution in [3.63, 3.8) is 0 Å². The first-order valence-electron chi connectivity index (χ1n) is 13.5. The van der Waals surface area contributed by atoms with Crippen LogP contribution in [0, 0.1) is 5.82 Å². The summed E-state index contributed by atoms with van der Waals surface area (Å²) in [6.07, 6.45) is 3.33. The number of carbonyl (C=O) groups excluding carboxylic acids is 1. The molecule has 0 bridgehead atoms. The van der Waals surface area contributed by atoms with Gasteiger partial charge in [-0.1, -0.05) is 23.9 Å². The van der Waals surface area contributed by atoms with Gasteiger partial charge in [0, 0.05) is 43.3 Å². The maximum atomic E-state index is 13.8. The molecular weight excluding hydrogens is 644 g/mol. The quantitative estimate of drug-likeness (QED) is 0.166. The van der Waals surface area contributed by atoms with Crippen LogP contribution in [0.4, 0.5) is 4.39 Å². The number of amides is 1. The lowest BCUT2D eigenvalue weighted by atomic mass is 10.2. The molecule has 2 atom stereocenters. The maximum absolute atomic E-state index is 13.8. The van der Waals surface area contributed by atoms with Gasteiger partial charge in [0.25, 0.3) is 15.9 Å². The van der Waals surface area contributed by atoms with Crippen molar-refractivity contribution in [3.05, 3.63) is 48.5 Å². The van der Waals surface area contributed by atoms with Gasteiger partial charge in [-0.15, -0.1) is 16.4 Å². The van der Waals surface area contributed by atoms with Gasteiger partial charge in [-0.2, -0.15) is 8.61 Å². The van der Waals surface area contributed by atoms with Gasteiger partial charge in [0.2, 0.25) is 15.2 Å². The van der Waals surface area contributed by atoms with E-state index in [1.165, 1.54) is 36.3 Å². The van der Waals surface area contributed by atoms with E-state index in [0.29, 0.717) is 40.8 Å². The minimum Gasteiger partial charge on any atom is -0.350 e. The van der Waals surface area contributed by atoms with E-state index in [4.69, 9.17) is 9.57 Å². The molecular formula is C25H31FN6O7S4. The minimum atomic E-state index is -4.22. The van der Waals surface area contributed by atoms with E-state index < -0.39 is 44.1 Å². The molecule has 4 heterocycles. The maximum Gasteiger partial charge on any atom is 0.263 e. The van der Waals surface area contributed by atoms with E-state index in [0.717, 1.165) is 32.8 Å². The van der Waals surface area contributed by atoms with Gasteiger partial charge < -0.3 is 4.74 Å². The molecule has 18 heteroatoms. The number of halogens is 1. The van der Waals surface area contributed by atoms with Gasteiger partial charge in [0.1, 0.15) is 22.4 Å². The molecule has 0 aliphatic carbocycles. The number of sulfonamides is 2. The van der Waals surface area contributed by atoms with E-state index in [1.54, 1.807) is 18.2 Å². The van der Waals surface area contributed by atoms with E-state index in [1.807, 2.05) is 0 Å². The fraction of sp³-hybridized carbons (Fsp3) is 0.480. The van der Waals surface area contributed by atoms with E-state index in [9.17, 15) is 26.0 Å². The first-order valence-corrected chi connectivity index (χ1v) is 18.4. The summed E-state index contributed by atoms with van der Waals surface area (Å²) in [6, 6.07) is 7.31. The van der Waals surface area contributed by atoms with Crippen molar-refractivity contribution in [2.75, 3.05) is 37.7 Å². The summed E-state index contributed by atoms with van der Waals surface area (Å²) in [5.74, 6) is -0.944. The van der Waals surface area contributed by atoms with Crippen LogP contribution in [-0.2, 0) is 34.4 Å². The number of nitrogens with zero attached hydrogens (tertiary/aromatic N) is 4. The smallest absolute Gasteiger partial charge is 0.263 e. The SMILES string of the molecule is O=C(NOC1CCCCO1)[C@H]1CN(S(=O)(=O)CCCSc2nc[nH]n2)CCN1S(=O)(=O)c1ccc(-c2ccc(F)cc2)s1. The normalized spacial score (nSPS) is 20.7. The Bertz CT molecular complexity index is 1580. The molecule has 0 saturated carbocycles. The lowest BCUT2D eigenvalue weighted by Crippen LogP contribution is -2.61. The highest BCUT2D eigenvalue weighted by Crippen LogP contribution is 2.34. The Labute approximate surface area is 257 Å². The monoisotopic (exact) mass is 674 g/mol. The van der Waals surface area contributed by atoms with Crippen molar-refractivity contribution in [1.82, 2.24) is 29.3 Å². The summed E-state index contributed by atoms with van der Waals surface area (Å²) < 4.78 is 75.1. The molecule has 1 aromatic carbocycles. The predicted octanol–water partition coefficient (Wildman–Crippen LogP) is 2.43. The number of carbonyl (C=O) groups is 1. The first kappa shape index (κ1) is 32.0. The molecule has 43 heavy (non-hydrogen) atoms. The zero-order valence-corrected chi connectivity index (χ0v) is 26.2. The van der Waals surface area contributed by atoms with Gasteiger partial charge >= 0.3 is 0 Å². The highest BCUT2D eigenvalue weighted by molar-refractivity contribution is 7.99. The largest absolute Gasteiger partial charge is 0.350 e. The number of ether oxygens (including phenoxy) is 1. The number of hydroxylamine groups is 1. The molecule has 2 aliphatic rings. The number of benzene rings is 1. The third kappa shape index (κ3) is 7.99. The number of H-pyrrole nitrogens is 1. The molecule has 0 radical (unpaired) electrons. The second-order valence-electron chi connectivity index (χ2n) is 9.80. The minimum absolute atomic E-state index is 0.0264. The van der Waals surface area contributed by atoms with Gasteiger partial charge in [-0.3, -0.25) is 9.89 Å². The summed E-state index contributed by atoms with van der Waals surface area (Å²) in [5.41, 5.74) is 2.95. The van der Waals surface area contributed by atoms with Gasteiger partial charge in [-0.05, 0) is 49.1 Å². The van der Waals surface area contributed by atoms with Crippen LogP contribution in [0.25, 0.3) is 10.4 Å². The second-order valence-corrected chi connectivity index (χ2v) is 16.1. The molecule has 2 fully saturated rings. The summed E-state index contributed by atoms with van der Waals surface area (Å²) in [5, 5.41) is 7.02. The zero-order chi connectivity index (χ0) is 30.5. The molecule has 2 aliphatic heterocycles. The Morgan fingerprint density at radius 1 is 1.16 bits per heavy atom. The van der Waals surface area contributed by atoms with Crippen LogP contribution in [0.3, 0.4) is 0 Å². The van der Waals surface area contributed by atoms with Crippen molar-refractivity contribution in [2.45, 2.75) is 47.4 Å². The third-order valence-corrected chi connectivity index (χ3v) is 13.2. The summed E-state index contributed by atoms with van der Waals surface area (Å²) >= 11 is 2.29. The lowest BCUT2D eigenvalue weighted by Gasteiger charge is -2.38.